The van der Waals surface area contributed by atoms with Crippen LogP contribution in [0.5, 0.6) is 11.5 Å². The van der Waals surface area contributed by atoms with Crippen molar-refractivity contribution in [3.05, 3.63) is 59.2 Å². The Morgan fingerprint density at radius 3 is 2.29 bits per heavy atom. The maximum Gasteiger partial charge on any atom is 0.167 e. The number of hydrogen-bond acceptors (Lipinski definition) is 3. The minimum absolute atomic E-state index is 0.109. The van der Waals surface area contributed by atoms with E-state index in [4.69, 9.17) is 9.47 Å². The van der Waals surface area contributed by atoms with E-state index in [0.29, 0.717) is 6.42 Å². The lowest BCUT2D eigenvalue weighted by Crippen LogP contribution is -2.05. The average Bonchev–Trinajstić information content (AvgIpc) is 2.54. The minimum atomic E-state index is 0.109. The molecule has 0 bridgehead atoms. The van der Waals surface area contributed by atoms with Crippen molar-refractivity contribution in [3.63, 3.8) is 0 Å². The topological polar surface area (TPSA) is 35.5 Å². The molecule has 2 rings (SSSR count). The van der Waals surface area contributed by atoms with Crippen LogP contribution in [0.1, 0.15) is 28.4 Å². The highest BCUT2D eigenvalue weighted by Gasteiger charge is 2.10. The van der Waals surface area contributed by atoms with E-state index in [9.17, 15) is 4.79 Å². The molecule has 0 aliphatic heterocycles. The molecule has 3 heteroatoms. The van der Waals surface area contributed by atoms with Gasteiger partial charge in [-0.3, -0.25) is 4.79 Å². The Kier molecular flexibility index (Phi) is 4.99. The third kappa shape index (κ3) is 3.63. The van der Waals surface area contributed by atoms with Gasteiger partial charge in [0.1, 0.15) is 11.5 Å². The van der Waals surface area contributed by atoms with E-state index in [-0.39, 0.29) is 5.78 Å². The molecule has 0 unspecified atom stereocenters. The molecule has 21 heavy (non-hydrogen) atoms. The molecule has 0 aromatic heterocycles. The predicted octanol–water partition coefficient (Wildman–Crippen LogP) is 3.69. The molecule has 3 nitrogen and oxygen atoms in total. The summed E-state index contributed by atoms with van der Waals surface area (Å²) in [7, 11) is 3.27. The van der Waals surface area contributed by atoms with Gasteiger partial charge >= 0.3 is 0 Å². The first-order valence-electron chi connectivity index (χ1n) is 7.01. The van der Waals surface area contributed by atoms with Gasteiger partial charge in [-0.05, 0) is 47.9 Å². The van der Waals surface area contributed by atoms with Crippen LogP contribution in [-0.4, -0.2) is 20.0 Å². The predicted molar refractivity (Wildman–Crippen MR) is 83.4 cm³/mol. The molecule has 0 fully saturated rings. The van der Waals surface area contributed by atoms with Crippen LogP contribution in [0.2, 0.25) is 0 Å². The second-order valence-corrected chi connectivity index (χ2v) is 4.83. The maximum atomic E-state index is 12.4. The first-order chi connectivity index (χ1) is 10.2. The van der Waals surface area contributed by atoms with Gasteiger partial charge in [-0.1, -0.05) is 19.1 Å². The van der Waals surface area contributed by atoms with E-state index in [1.807, 2.05) is 42.5 Å². The van der Waals surface area contributed by atoms with Gasteiger partial charge in [0.25, 0.3) is 0 Å². The van der Waals surface area contributed by atoms with E-state index in [1.165, 1.54) is 0 Å². The lowest BCUT2D eigenvalue weighted by atomic mass is 10.00. The van der Waals surface area contributed by atoms with Crippen molar-refractivity contribution in [3.8, 4) is 11.5 Å². The van der Waals surface area contributed by atoms with Crippen LogP contribution in [0.4, 0.5) is 0 Å². The third-order valence-corrected chi connectivity index (χ3v) is 3.51. The number of Topliss-reactive ketones (excluding diaryl/α,β-unsaturated/α-hetero) is 1. The Bertz CT molecular complexity index is 615. The quantitative estimate of drug-likeness (QED) is 0.759. The van der Waals surface area contributed by atoms with Crippen molar-refractivity contribution in [2.75, 3.05) is 14.2 Å². The third-order valence-electron chi connectivity index (χ3n) is 3.51. The van der Waals surface area contributed by atoms with Crippen molar-refractivity contribution < 1.29 is 14.3 Å². The van der Waals surface area contributed by atoms with Gasteiger partial charge in [0.15, 0.2) is 5.78 Å². The summed E-state index contributed by atoms with van der Waals surface area (Å²) in [4.78, 5) is 12.4. The zero-order valence-electron chi connectivity index (χ0n) is 12.7. The molecule has 2 aromatic carbocycles. The monoisotopic (exact) mass is 284 g/mol. The molecule has 0 N–H and O–H groups in total. The zero-order valence-corrected chi connectivity index (χ0v) is 12.7. The smallest absolute Gasteiger partial charge is 0.167 e. The van der Waals surface area contributed by atoms with Crippen LogP contribution < -0.4 is 9.47 Å². The average molecular weight is 284 g/mol. The summed E-state index contributed by atoms with van der Waals surface area (Å²) in [5.41, 5.74) is 2.76. The summed E-state index contributed by atoms with van der Waals surface area (Å²) in [6.07, 6.45) is 1.23. The molecule has 0 amide bonds. The Morgan fingerprint density at radius 2 is 1.71 bits per heavy atom. The number of ketones is 1. The second kappa shape index (κ2) is 6.93. The van der Waals surface area contributed by atoms with Crippen molar-refractivity contribution >= 4 is 5.78 Å². The van der Waals surface area contributed by atoms with Gasteiger partial charge in [0.2, 0.25) is 0 Å². The fourth-order valence-corrected chi connectivity index (χ4v) is 2.26. The van der Waals surface area contributed by atoms with E-state index >= 15 is 0 Å². The molecule has 0 heterocycles. The Labute approximate surface area is 125 Å². The van der Waals surface area contributed by atoms with Gasteiger partial charge in [-0.15, -0.1) is 0 Å². The summed E-state index contributed by atoms with van der Waals surface area (Å²) in [5.74, 6) is 1.74. The molecule has 0 atom stereocenters. The highest BCUT2D eigenvalue weighted by Crippen LogP contribution is 2.21. The molecule has 0 aliphatic rings. The summed E-state index contributed by atoms with van der Waals surface area (Å²) >= 11 is 0. The molecule has 110 valence electrons. The highest BCUT2D eigenvalue weighted by atomic mass is 16.5. The van der Waals surface area contributed by atoms with Crippen molar-refractivity contribution in [2.45, 2.75) is 19.8 Å². The van der Waals surface area contributed by atoms with Crippen molar-refractivity contribution in [1.29, 1.82) is 0 Å². The van der Waals surface area contributed by atoms with Crippen molar-refractivity contribution in [1.82, 2.24) is 0 Å². The first-order valence-corrected chi connectivity index (χ1v) is 7.01. The summed E-state index contributed by atoms with van der Waals surface area (Å²) < 4.78 is 10.4. The molecule has 0 radical (unpaired) electrons. The summed E-state index contributed by atoms with van der Waals surface area (Å²) in [5, 5.41) is 0. The van der Waals surface area contributed by atoms with Gasteiger partial charge in [-0.2, -0.15) is 0 Å². The fourth-order valence-electron chi connectivity index (χ4n) is 2.26. The largest absolute Gasteiger partial charge is 0.497 e. The normalized spacial score (nSPS) is 10.2. The number of methoxy groups -OCH3 is 2. The second-order valence-electron chi connectivity index (χ2n) is 4.83. The summed E-state index contributed by atoms with van der Waals surface area (Å²) in [6.45, 7) is 2.05. The van der Waals surface area contributed by atoms with Crippen LogP contribution in [0.3, 0.4) is 0 Å². The van der Waals surface area contributed by atoms with Crippen LogP contribution in [0, 0.1) is 0 Å². The van der Waals surface area contributed by atoms with E-state index in [1.54, 1.807) is 14.2 Å². The van der Waals surface area contributed by atoms with Crippen LogP contribution in [-0.2, 0) is 12.8 Å². The van der Waals surface area contributed by atoms with Gasteiger partial charge in [0, 0.05) is 12.0 Å². The van der Waals surface area contributed by atoms with Crippen LogP contribution in [0.25, 0.3) is 0 Å². The van der Waals surface area contributed by atoms with Crippen LogP contribution >= 0.6 is 0 Å². The molecule has 2 aromatic rings. The number of carbonyl (C=O) groups excluding carboxylic acids is 1. The van der Waals surface area contributed by atoms with Crippen LogP contribution in [0.15, 0.2) is 42.5 Å². The molecule has 0 aliphatic carbocycles. The Hall–Kier alpha value is -2.29. The standard InChI is InChI=1S/C18H20O3/c1-4-14-12-15(7-10-18(14)21-3)17(19)11-13-5-8-16(20-2)9-6-13/h5-10,12H,4,11H2,1-3H3. The van der Waals surface area contributed by atoms with E-state index in [2.05, 4.69) is 6.92 Å². The molecular weight excluding hydrogens is 264 g/mol. The number of aryl methyl sites for hydroxylation is 1. The highest BCUT2D eigenvalue weighted by molar-refractivity contribution is 5.97. The lowest BCUT2D eigenvalue weighted by molar-refractivity contribution is 0.0993. The summed E-state index contributed by atoms with van der Waals surface area (Å²) in [6, 6.07) is 13.2. The number of ether oxygens (including phenoxy) is 2. The molecule has 0 spiro atoms. The number of benzene rings is 2. The Morgan fingerprint density at radius 1 is 1.00 bits per heavy atom. The number of hydrogen-bond donors (Lipinski definition) is 0. The molecule has 0 saturated heterocycles. The maximum absolute atomic E-state index is 12.4. The number of rotatable bonds is 6. The fraction of sp³-hybridized carbons (Fsp3) is 0.278. The molecule has 0 saturated carbocycles. The van der Waals surface area contributed by atoms with E-state index in [0.717, 1.165) is 34.6 Å². The zero-order chi connectivity index (χ0) is 15.2. The van der Waals surface area contributed by atoms with Gasteiger partial charge in [0.05, 0.1) is 14.2 Å². The van der Waals surface area contributed by atoms with E-state index < -0.39 is 0 Å². The number of carbonyl (C=O) groups is 1. The lowest BCUT2D eigenvalue weighted by Gasteiger charge is -2.09. The SMILES string of the molecule is CCc1cc(C(=O)Cc2ccc(OC)cc2)ccc1OC. The van der Waals surface area contributed by atoms with Gasteiger partial charge in [-0.25, -0.2) is 0 Å². The van der Waals surface area contributed by atoms with Crippen molar-refractivity contribution in [2.24, 2.45) is 0 Å². The van der Waals surface area contributed by atoms with Gasteiger partial charge < -0.3 is 9.47 Å². The molecular formula is C18H20O3. The minimum Gasteiger partial charge on any atom is -0.497 e. The first kappa shape index (κ1) is 15.1. The Balaban J connectivity index is 2.15.